The van der Waals surface area contributed by atoms with E-state index in [1.807, 2.05) is 60.7 Å². The maximum absolute atomic E-state index is 13.9. The summed E-state index contributed by atoms with van der Waals surface area (Å²) in [5.41, 5.74) is 5.47. The lowest BCUT2D eigenvalue weighted by molar-refractivity contribution is -0.110. The molecular formula is C26H24N4O2S2. The molecule has 5 rings (SSSR count). The number of nitrogens with zero attached hydrogens (tertiary/aromatic N) is 3. The second-order valence-electron chi connectivity index (χ2n) is 8.46. The number of ketones is 1. The summed E-state index contributed by atoms with van der Waals surface area (Å²) in [6.07, 6.45) is 2.95. The predicted molar refractivity (Wildman–Crippen MR) is 140 cm³/mol. The Labute approximate surface area is 205 Å². The largest absolute Gasteiger partial charge is 0.292 e. The number of para-hydroxylation sites is 2. The fraction of sp³-hybridized carbons (Fsp3) is 0.231. The summed E-state index contributed by atoms with van der Waals surface area (Å²) in [5.74, 6) is 0.396. The van der Waals surface area contributed by atoms with Crippen LogP contribution in [-0.4, -0.2) is 20.4 Å². The van der Waals surface area contributed by atoms with E-state index in [4.69, 9.17) is 4.98 Å². The number of benzene rings is 2. The number of anilines is 1. The van der Waals surface area contributed by atoms with Crippen LogP contribution < -0.4 is 11.0 Å². The molecule has 4 aromatic rings. The molecule has 0 saturated carbocycles. The Bertz CT molecular complexity index is 1440. The van der Waals surface area contributed by atoms with Gasteiger partial charge in [-0.3, -0.25) is 19.6 Å². The van der Waals surface area contributed by atoms with Crippen LogP contribution in [0.4, 0.5) is 5.69 Å². The highest BCUT2D eigenvalue weighted by molar-refractivity contribution is 8.15. The summed E-state index contributed by atoms with van der Waals surface area (Å²) in [6.45, 7) is 3.72. The molecule has 6 nitrogen and oxygen atoms in total. The average molecular weight is 489 g/mol. The zero-order valence-corrected chi connectivity index (χ0v) is 20.6. The summed E-state index contributed by atoms with van der Waals surface area (Å²) in [5, 5.41) is 5.71. The van der Waals surface area contributed by atoms with Gasteiger partial charge in [-0.2, -0.15) is 5.10 Å². The van der Waals surface area contributed by atoms with E-state index in [9.17, 15) is 9.59 Å². The number of hydrogen-bond donors (Lipinski definition) is 1. The number of hydrazone groups is 1. The third kappa shape index (κ3) is 4.43. The van der Waals surface area contributed by atoms with Crippen LogP contribution in [0.5, 0.6) is 0 Å². The van der Waals surface area contributed by atoms with Gasteiger partial charge in [0.1, 0.15) is 4.83 Å². The first kappa shape index (κ1) is 22.6. The van der Waals surface area contributed by atoms with Crippen LogP contribution in [0.1, 0.15) is 30.7 Å². The molecule has 0 amide bonds. The maximum Gasteiger partial charge on any atom is 0.267 e. The van der Waals surface area contributed by atoms with E-state index in [1.165, 1.54) is 11.8 Å². The number of carbonyl (C=O) groups excluding carboxylic acids is 1. The second-order valence-corrected chi connectivity index (χ2v) is 10.5. The van der Waals surface area contributed by atoms with Crippen molar-refractivity contribution in [1.82, 2.24) is 9.55 Å². The number of Topliss-reactive ketones (excluding diaryl/α,β-unsaturated/α-hetero) is 1. The van der Waals surface area contributed by atoms with Gasteiger partial charge < -0.3 is 0 Å². The number of rotatable bonds is 5. The number of thioether (sulfide) groups is 1. The lowest BCUT2D eigenvalue weighted by Gasteiger charge is -2.17. The molecule has 0 bridgehead atoms. The molecular weight excluding hydrogens is 464 g/mol. The van der Waals surface area contributed by atoms with E-state index in [2.05, 4.69) is 17.5 Å². The van der Waals surface area contributed by atoms with E-state index < -0.39 is 0 Å². The van der Waals surface area contributed by atoms with Gasteiger partial charge in [-0.05, 0) is 66.8 Å². The normalized spacial score (nSPS) is 15.8. The van der Waals surface area contributed by atoms with E-state index in [1.54, 1.807) is 15.9 Å². The Morgan fingerprint density at radius 3 is 2.56 bits per heavy atom. The minimum absolute atomic E-state index is 0.0929. The van der Waals surface area contributed by atoms with Crippen LogP contribution in [0.15, 0.2) is 75.7 Å². The summed E-state index contributed by atoms with van der Waals surface area (Å²) < 4.78 is 1.61. The highest BCUT2D eigenvalue weighted by atomic mass is 32.2. The first-order valence-electron chi connectivity index (χ1n) is 11.2. The molecule has 0 unspecified atom stereocenters. The van der Waals surface area contributed by atoms with Gasteiger partial charge in [0.05, 0.1) is 16.8 Å². The highest BCUT2D eigenvalue weighted by Crippen LogP contribution is 2.37. The Kier molecular flexibility index (Phi) is 6.34. The number of thiophene rings is 1. The van der Waals surface area contributed by atoms with Crippen molar-refractivity contribution in [3.05, 3.63) is 81.5 Å². The van der Waals surface area contributed by atoms with E-state index in [0.29, 0.717) is 22.1 Å². The zero-order chi connectivity index (χ0) is 23.7. The molecule has 1 N–H and O–H groups in total. The molecule has 2 aromatic carbocycles. The van der Waals surface area contributed by atoms with Crippen molar-refractivity contribution < 1.29 is 4.79 Å². The van der Waals surface area contributed by atoms with Crippen LogP contribution in [0, 0.1) is 5.92 Å². The molecule has 0 aliphatic heterocycles. The van der Waals surface area contributed by atoms with Gasteiger partial charge in [-0.25, -0.2) is 4.98 Å². The molecule has 8 heteroatoms. The lowest BCUT2D eigenvalue weighted by Crippen LogP contribution is -2.23. The first-order valence-corrected chi connectivity index (χ1v) is 12.8. The lowest BCUT2D eigenvalue weighted by atomic mass is 9.89. The Morgan fingerprint density at radius 2 is 1.85 bits per heavy atom. The minimum atomic E-state index is -0.207. The van der Waals surface area contributed by atoms with E-state index >= 15 is 0 Å². The van der Waals surface area contributed by atoms with Crippen LogP contribution in [-0.2, 0) is 17.6 Å². The zero-order valence-electron chi connectivity index (χ0n) is 18.9. The number of fused-ring (bicyclic) bond motifs is 3. The third-order valence-electron chi connectivity index (χ3n) is 5.86. The van der Waals surface area contributed by atoms with Gasteiger partial charge in [0, 0.05) is 11.8 Å². The van der Waals surface area contributed by atoms with Crippen LogP contribution in [0.2, 0.25) is 0 Å². The van der Waals surface area contributed by atoms with Crippen molar-refractivity contribution in [2.45, 2.75) is 38.3 Å². The smallest absolute Gasteiger partial charge is 0.267 e. The van der Waals surface area contributed by atoms with Gasteiger partial charge in [0.25, 0.3) is 5.56 Å². The van der Waals surface area contributed by atoms with Gasteiger partial charge in [-0.15, -0.1) is 11.3 Å². The average Bonchev–Trinajstić information content (AvgIpc) is 3.20. The third-order valence-corrected chi connectivity index (χ3v) is 8.04. The number of hydrogen-bond acceptors (Lipinski definition) is 7. The fourth-order valence-corrected chi connectivity index (χ4v) is 6.39. The fourth-order valence-electron chi connectivity index (χ4n) is 4.13. The Morgan fingerprint density at radius 1 is 1.15 bits per heavy atom. The van der Waals surface area contributed by atoms with E-state index in [0.717, 1.165) is 47.1 Å². The number of carbonyl (C=O) groups is 1. The highest BCUT2D eigenvalue weighted by Gasteiger charge is 2.26. The molecule has 172 valence electrons. The first-order chi connectivity index (χ1) is 16.5. The molecule has 2 heterocycles. The summed E-state index contributed by atoms with van der Waals surface area (Å²) >= 11 is 2.71. The molecule has 0 radical (unpaired) electrons. The standard InChI is InChI=1S/C26H24N4O2S2/c1-16-13-14-20-21(15-16)33-24-22(20)25(32)30(19-11-7-4-8-12-19)26(27-24)34-23(17(2)31)29-28-18-9-5-3-6-10-18/h3-12,16,28H,13-15H2,1-2H3/b29-23-/t16-/m0/s1. The monoisotopic (exact) mass is 488 g/mol. The maximum atomic E-state index is 13.9. The minimum Gasteiger partial charge on any atom is -0.292 e. The molecule has 0 spiro atoms. The quantitative estimate of drug-likeness (QED) is 0.129. The molecule has 1 aliphatic carbocycles. The summed E-state index contributed by atoms with van der Waals surface area (Å²) in [6, 6.07) is 18.9. The SMILES string of the molecule is CC(=O)/C(=N/Nc1ccccc1)Sc1nc2sc3c(c2c(=O)n1-c1ccccc1)CC[C@H](C)C3. The van der Waals surface area contributed by atoms with Crippen molar-refractivity contribution in [2.24, 2.45) is 11.0 Å². The predicted octanol–water partition coefficient (Wildman–Crippen LogP) is 5.68. The number of aromatic nitrogens is 2. The van der Waals surface area contributed by atoms with E-state index in [-0.39, 0.29) is 16.4 Å². The number of aryl methyl sites for hydroxylation is 1. The molecule has 0 fully saturated rings. The van der Waals surface area contributed by atoms with Crippen molar-refractivity contribution in [1.29, 1.82) is 0 Å². The van der Waals surface area contributed by atoms with Gasteiger partial charge in [-0.1, -0.05) is 43.3 Å². The van der Waals surface area contributed by atoms with Crippen molar-refractivity contribution in [3.63, 3.8) is 0 Å². The molecule has 1 atom stereocenters. The van der Waals surface area contributed by atoms with Gasteiger partial charge in [0.15, 0.2) is 16.0 Å². The van der Waals surface area contributed by atoms with Gasteiger partial charge >= 0.3 is 0 Å². The van der Waals surface area contributed by atoms with Crippen molar-refractivity contribution in [3.8, 4) is 5.69 Å². The second kappa shape index (κ2) is 9.56. The van der Waals surface area contributed by atoms with Crippen LogP contribution in [0.3, 0.4) is 0 Å². The molecule has 1 aliphatic rings. The van der Waals surface area contributed by atoms with Crippen molar-refractivity contribution >= 4 is 49.8 Å². The van der Waals surface area contributed by atoms with Crippen LogP contribution >= 0.6 is 23.1 Å². The topological polar surface area (TPSA) is 76.3 Å². The Hall–Kier alpha value is -3.23. The van der Waals surface area contributed by atoms with Gasteiger partial charge in [0.2, 0.25) is 0 Å². The van der Waals surface area contributed by atoms with Crippen molar-refractivity contribution in [2.75, 3.05) is 5.43 Å². The molecule has 34 heavy (non-hydrogen) atoms. The molecule has 2 aromatic heterocycles. The summed E-state index contributed by atoms with van der Waals surface area (Å²) in [7, 11) is 0. The number of nitrogens with one attached hydrogen (secondary N) is 1. The summed E-state index contributed by atoms with van der Waals surface area (Å²) in [4.78, 5) is 33.2. The Balaban J connectivity index is 1.64. The van der Waals surface area contributed by atoms with Crippen LogP contribution in [0.25, 0.3) is 15.9 Å². The molecule has 0 saturated heterocycles.